The van der Waals surface area contributed by atoms with E-state index in [2.05, 4.69) is 10.2 Å². The fourth-order valence-electron chi connectivity index (χ4n) is 3.12. The summed E-state index contributed by atoms with van der Waals surface area (Å²) in [5.74, 6) is 1.56. The minimum Gasteiger partial charge on any atom is -0.316 e. The Morgan fingerprint density at radius 3 is 2.94 bits per heavy atom. The Balaban J connectivity index is 1.64. The molecule has 0 aromatic heterocycles. The third kappa shape index (κ3) is 2.35. The Bertz CT molecular complexity index is 394. The summed E-state index contributed by atoms with van der Waals surface area (Å²) < 4.78 is 13.6. The summed E-state index contributed by atoms with van der Waals surface area (Å²) in [5.41, 5.74) is 0.830. The standard InChI is InChI=1S/C14H19FN2/c15-14-4-2-1-3-12(14)9-17-6-5-11-7-16-8-13(11)10-17/h1-4,11,13,16H,5-10H2. The molecule has 0 bridgehead atoms. The van der Waals surface area contributed by atoms with Crippen LogP contribution in [0.1, 0.15) is 12.0 Å². The van der Waals surface area contributed by atoms with E-state index in [-0.39, 0.29) is 5.82 Å². The van der Waals surface area contributed by atoms with E-state index >= 15 is 0 Å². The van der Waals surface area contributed by atoms with Gasteiger partial charge >= 0.3 is 0 Å². The van der Waals surface area contributed by atoms with Crippen LogP contribution in [0, 0.1) is 17.7 Å². The predicted molar refractivity (Wildman–Crippen MR) is 66.1 cm³/mol. The van der Waals surface area contributed by atoms with Crippen molar-refractivity contribution in [3.8, 4) is 0 Å². The molecule has 2 nitrogen and oxygen atoms in total. The van der Waals surface area contributed by atoms with Crippen LogP contribution in [-0.2, 0) is 6.54 Å². The maximum atomic E-state index is 13.6. The summed E-state index contributed by atoms with van der Waals surface area (Å²) in [6, 6.07) is 7.13. The number of piperidine rings is 1. The molecule has 1 aromatic rings. The number of nitrogens with zero attached hydrogens (tertiary/aromatic N) is 1. The zero-order valence-corrected chi connectivity index (χ0v) is 10.0. The molecule has 92 valence electrons. The average Bonchev–Trinajstić information content (AvgIpc) is 2.79. The van der Waals surface area contributed by atoms with Gasteiger partial charge in [0, 0.05) is 18.7 Å². The van der Waals surface area contributed by atoms with Crippen LogP contribution in [0.5, 0.6) is 0 Å². The smallest absolute Gasteiger partial charge is 0.127 e. The van der Waals surface area contributed by atoms with Crippen LogP contribution < -0.4 is 5.32 Å². The molecule has 2 aliphatic rings. The molecule has 2 unspecified atom stereocenters. The van der Waals surface area contributed by atoms with Crippen molar-refractivity contribution in [3.63, 3.8) is 0 Å². The van der Waals surface area contributed by atoms with Gasteiger partial charge in [0.2, 0.25) is 0 Å². The van der Waals surface area contributed by atoms with E-state index in [0.29, 0.717) is 0 Å². The highest BCUT2D eigenvalue weighted by atomic mass is 19.1. The van der Waals surface area contributed by atoms with E-state index in [1.165, 1.54) is 13.0 Å². The van der Waals surface area contributed by atoms with Crippen molar-refractivity contribution in [2.45, 2.75) is 13.0 Å². The van der Waals surface area contributed by atoms with E-state index in [9.17, 15) is 4.39 Å². The second-order valence-corrected chi connectivity index (χ2v) is 5.29. The van der Waals surface area contributed by atoms with Gasteiger partial charge in [0.1, 0.15) is 5.82 Å². The van der Waals surface area contributed by atoms with Crippen molar-refractivity contribution in [2.24, 2.45) is 11.8 Å². The molecule has 1 aromatic carbocycles. The highest BCUT2D eigenvalue weighted by molar-refractivity contribution is 5.17. The third-order valence-corrected chi connectivity index (χ3v) is 4.14. The van der Waals surface area contributed by atoms with E-state index in [1.54, 1.807) is 12.1 Å². The van der Waals surface area contributed by atoms with E-state index < -0.39 is 0 Å². The number of nitrogens with one attached hydrogen (secondary N) is 1. The van der Waals surface area contributed by atoms with Crippen LogP contribution in [-0.4, -0.2) is 31.1 Å². The lowest BCUT2D eigenvalue weighted by atomic mass is 9.88. The Morgan fingerprint density at radius 2 is 2.06 bits per heavy atom. The largest absolute Gasteiger partial charge is 0.316 e. The highest BCUT2D eigenvalue weighted by Crippen LogP contribution is 2.27. The highest BCUT2D eigenvalue weighted by Gasteiger charge is 2.32. The maximum absolute atomic E-state index is 13.6. The lowest BCUT2D eigenvalue weighted by Crippen LogP contribution is -2.39. The SMILES string of the molecule is Fc1ccccc1CN1CCC2CNCC2C1. The van der Waals surface area contributed by atoms with Gasteiger partial charge in [-0.1, -0.05) is 18.2 Å². The minimum atomic E-state index is -0.0702. The van der Waals surface area contributed by atoms with Crippen molar-refractivity contribution in [2.75, 3.05) is 26.2 Å². The second-order valence-electron chi connectivity index (χ2n) is 5.29. The number of benzene rings is 1. The summed E-state index contributed by atoms with van der Waals surface area (Å²) in [6.45, 7) is 5.30. The van der Waals surface area contributed by atoms with Gasteiger partial charge in [-0.3, -0.25) is 4.90 Å². The van der Waals surface area contributed by atoms with E-state index in [0.717, 1.165) is 43.6 Å². The number of fused-ring (bicyclic) bond motifs is 1. The molecule has 0 spiro atoms. The molecule has 1 N–H and O–H groups in total. The minimum absolute atomic E-state index is 0.0702. The predicted octanol–water partition coefficient (Wildman–Crippen LogP) is 1.87. The second kappa shape index (κ2) is 4.75. The molecule has 0 amide bonds. The van der Waals surface area contributed by atoms with Crippen LogP contribution in [0.15, 0.2) is 24.3 Å². The fourth-order valence-corrected chi connectivity index (χ4v) is 3.12. The molecule has 0 saturated carbocycles. The molecule has 0 radical (unpaired) electrons. The number of likely N-dealkylation sites (tertiary alicyclic amines) is 1. The van der Waals surface area contributed by atoms with Gasteiger partial charge in [-0.15, -0.1) is 0 Å². The Kier molecular flexibility index (Phi) is 3.12. The first-order valence-electron chi connectivity index (χ1n) is 6.49. The quantitative estimate of drug-likeness (QED) is 0.840. The lowest BCUT2D eigenvalue weighted by Gasteiger charge is -2.34. The lowest BCUT2D eigenvalue weighted by molar-refractivity contribution is 0.141. The normalized spacial score (nSPS) is 29.2. The van der Waals surface area contributed by atoms with E-state index in [1.807, 2.05) is 12.1 Å². The van der Waals surface area contributed by atoms with E-state index in [4.69, 9.17) is 0 Å². The summed E-state index contributed by atoms with van der Waals surface area (Å²) in [4.78, 5) is 2.40. The average molecular weight is 234 g/mol. The zero-order valence-electron chi connectivity index (χ0n) is 10.0. The van der Waals surface area contributed by atoms with Crippen LogP contribution in [0.3, 0.4) is 0 Å². The number of rotatable bonds is 2. The van der Waals surface area contributed by atoms with Crippen LogP contribution in [0.2, 0.25) is 0 Å². The van der Waals surface area contributed by atoms with Crippen LogP contribution in [0.25, 0.3) is 0 Å². The molecule has 17 heavy (non-hydrogen) atoms. The monoisotopic (exact) mass is 234 g/mol. The van der Waals surface area contributed by atoms with Crippen molar-refractivity contribution in [3.05, 3.63) is 35.6 Å². The number of hydrogen-bond acceptors (Lipinski definition) is 2. The third-order valence-electron chi connectivity index (χ3n) is 4.14. The zero-order chi connectivity index (χ0) is 11.7. The molecule has 2 aliphatic heterocycles. The van der Waals surface area contributed by atoms with Gasteiger partial charge in [-0.05, 0) is 44.0 Å². The van der Waals surface area contributed by atoms with Crippen LogP contribution >= 0.6 is 0 Å². The Hall–Kier alpha value is -0.930. The van der Waals surface area contributed by atoms with Gasteiger partial charge in [0.25, 0.3) is 0 Å². The van der Waals surface area contributed by atoms with Gasteiger partial charge in [-0.25, -0.2) is 4.39 Å². The Labute approximate surface area is 102 Å². The molecule has 2 atom stereocenters. The molecule has 0 aliphatic carbocycles. The summed E-state index contributed by atoms with van der Waals surface area (Å²) >= 11 is 0. The molecule has 3 heteroatoms. The number of halogens is 1. The molecule has 2 saturated heterocycles. The van der Waals surface area contributed by atoms with Crippen molar-refractivity contribution < 1.29 is 4.39 Å². The Morgan fingerprint density at radius 1 is 1.24 bits per heavy atom. The molecule has 3 rings (SSSR count). The van der Waals surface area contributed by atoms with Gasteiger partial charge in [0.15, 0.2) is 0 Å². The summed E-state index contributed by atoms with van der Waals surface area (Å²) in [5, 5.41) is 3.46. The van der Waals surface area contributed by atoms with Gasteiger partial charge in [-0.2, -0.15) is 0 Å². The first kappa shape index (κ1) is 11.2. The van der Waals surface area contributed by atoms with Gasteiger partial charge < -0.3 is 5.32 Å². The maximum Gasteiger partial charge on any atom is 0.127 e. The van der Waals surface area contributed by atoms with Gasteiger partial charge in [0.05, 0.1) is 0 Å². The molecular weight excluding hydrogens is 215 g/mol. The fraction of sp³-hybridized carbons (Fsp3) is 0.571. The van der Waals surface area contributed by atoms with Crippen molar-refractivity contribution in [1.29, 1.82) is 0 Å². The molecule has 2 fully saturated rings. The first-order valence-corrected chi connectivity index (χ1v) is 6.49. The first-order chi connectivity index (χ1) is 8.33. The topological polar surface area (TPSA) is 15.3 Å². The number of hydrogen-bond donors (Lipinski definition) is 1. The molecular formula is C14H19FN2. The van der Waals surface area contributed by atoms with Crippen molar-refractivity contribution >= 4 is 0 Å². The van der Waals surface area contributed by atoms with Crippen LogP contribution in [0.4, 0.5) is 4.39 Å². The molecule has 2 heterocycles. The van der Waals surface area contributed by atoms with Crippen molar-refractivity contribution in [1.82, 2.24) is 10.2 Å². The summed E-state index contributed by atoms with van der Waals surface area (Å²) in [6.07, 6.45) is 1.26. The summed E-state index contributed by atoms with van der Waals surface area (Å²) in [7, 11) is 0.